The highest BCUT2D eigenvalue weighted by Crippen LogP contribution is 2.15. The van der Waals surface area contributed by atoms with Crippen LogP contribution in [-0.4, -0.2) is 17.8 Å². The molecule has 0 aliphatic rings. The Kier molecular flexibility index (Phi) is 6.44. The first-order valence-electron chi connectivity index (χ1n) is 7.82. The maximum absolute atomic E-state index is 9.20. The fraction of sp³-hybridized carbons (Fsp3) is 0.368. The van der Waals surface area contributed by atoms with Gasteiger partial charge in [-0.3, -0.25) is 0 Å². The van der Waals surface area contributed by atoms with Gasteiger partial charge in [0, 0.05) is 12.6 Å². The summed E-state index contributed by atoms with van der Waals surface area (Å²) in [4.78, 5) is 0. The molecule has 0 aliphatic heterocycles. The van der Waals surface area contributed by atoms with Gasteiger partial charge in [0.05, 0.1) is 6.61 Å². The van der Waals surface area contributed by atoms with Gasteiger partial charge in [0.1, 0.15) is 12.4 Å². The first-order chi connectivity index (χ1) is 10.7. The average molecular weight is 299 g/mol. The minimum absolute atomic E-state index is 0.150. The lowest BCUT2D eigenvalue weighted by Gasteiger charge is -2.14. The molecule has 3 heteroatoms. The molecule has 0 saturated heterocycles. The van der Waals surface area contributed by atoms with E-state index in [2.05, 4.69) is 49.5 Å². The molecule has 0 radical (unpaired) electrons. The number of ether oxygens (including phenoxy) is 1. The van der Waals surface area contributed by atoms with Crippen LogP contribution >= 0.6 is 0 Å². The summed E-state index contributed by atoms with van der Waals surface area (Å²) in [6, 6.07) is 16.6. The summed E-state index contributed by atoms with van der Waals surface area (Å²) in [5, 5.41) is 12.5. The standard InChI is InChI=1S/C19H25NO2/c1-3-18(13-21)20-12-17-5-4-6-19(11-17)22-14-16-9-7-15(2)8-10-16/h4-11,18,20-21H,3,12-14H2,1-2H3. The van der Waals surface area contributed by atoms with E-state index in [-0.39, 0.29) is 12.6 Å². The van der Waals surface area contributed by atoms with Gasteiger partial charge < -0.3 is 15.2 Å². The number of benzene rings is 2. The fourth-order valence-electron chi connectivity index (χ4n) is 2.20. The van der Waals surface area contributed by atoms with Crippen molar-refractivity contribution < 1.29 is 9.84 Å². The molecule has 0 fully saturated rings. The van der Waals surface area contributed by atoms with Crippen LogP contribution in [-0.2, 0) is 13.2 Å². The topological polar surface area (TPSA) is 41.5 Å². The molecule has 3 nitrogen and oxygen atoms in total. The van der Waals surface area contributed by atoms with Gasteiger partial charge in [0.15, 0.2) is 0 Å². The zero-order valence-electron chi connectivity index (χ0n) is 13.4. The summed E-state index contributed by atoms with van der Waals surface area (Å²) in [5.41, 5.74) is 3.58. The van der Waals surface area contributed by atoms with Gasteiger partial charge in [-0.15, -0.1) is 0 Å². The molecule has 0 saturated carbocycles. The highest BCUT2D eigenvalue weighted by molar-refractivity contribution is 5.29. The molecule has 2 aromatic rings. The minimum Gasteiger partial charge on any atom is -0.489 e. The van der Waals surface area contributed by atoms with Crippen molar-refractivity contribution in [1.29, 1.82) is 0 Å². The molecule has 0 aliphatic carbocycles. The predicted molar refractivity (Wildman–Crippen MR) is 90.0 cm³/mol. The van der Waals surface area contributed by atoms with Gasteiger partial charge >= 0.3 is 0 Å². The second-order valence-corrected chi connectivity index (χ2v) is 5.59. The molecule has 0 spiro atoms. The van der Waals surface area contributed by atoms with Crippen molar-refractivity contribution >= 4 is 0 Å². The van der Waals surface area contributed by atoms with E-state index >= 15 is 0 Å². The van der Waals surface area contributed by atoms with Crippen molar-refractivity contribution in [2.75, 3.05) is 6.61 Å². The molecule has 2 N–H and O–H groups in total. The summed E-state index contributed by atoms with van der Waals surface area (Å²) >= 11 is 0. The number of aliphatic hydroxyl groups excluding tert-OH is 1. The first kappa shape index (κ1) is 16.5. The fourth-order valence-corrected chi connectivity index (χ4v) is 2.20. The quantitative estimate of drug-likeness (QED) is 0.784. The number of nitrogens with one attached hydrogen (secondary N) is 1. The maximum Gasteiger partial charge on any atom is 0.120 e. The molecular formula is C19H25NO2. The predicted octanol–water partition coefficient (Wildman–Crippen LogP) is 3.43. The smallest absolute Gasteiger partial charge is 0.120 e. The molecule has 0 bridgehead atoms. The normalized spacial score (nSPS) is 12.1. The van der Waals surface area contributed by atoms with Gasteiger partial charge in [-0.2, -0.15) is 0 Å². The lowest BCUT2D eigenvalue weighted by Crippen LogP contribution is -2.31. The summed E-state index contributed by atoms with van der Waals surface area (Å²) in [6.07, 6.45) is 0.917. The van der Waals surface area contributed by atoms with Crippen molar-refractivity contribution in [3.8, 4) is 5.75 Å². The van der Waals surface area contributed by atoms with E-state index in [1.54, 1.807) is 0 Å². The number of hydrogen-bond donors (Lipinski definition) is 2. The van der Waals surface area contributed by atoms with Gasteiger partial charge in [-0.1, -0.05) is 48.9 Å². The Balaban J connectivity index is 1.89. The van der Waals surface area contributed by atoms with Crippen LogP contribution in [0.5, 0.6) is 5.75 Å². The minimum atomic E-state index is 0.150. The average Bonchev–Trinajstić information content (AvgIpc) is 2.56. The van der Waals surface area contributed by atoms with Crippen molar-refractivity contribution in [2.24, 2.45) is 0 Å². The van der Waals surface area contributed by atoms with E-state index < -0.39 is 0 Å². The Morgan fingerprint density at radius 1 is 1.09 bits per heavy atom. The van der Waals surface area contributed by atoms with Crippen LogP contribution in [0.25, 0.3) is 0 Å². The summed E-state index contributed by atoms with van der Waals surface area (Å²) in [6.45, 7) is 5.62. The van der Waals surface area contributed by atoms with E-state index in [1.165, 1.54) is 11.1 Å². The van der Waals surface area contributed by atoms with Gasteiger partial charge in [0.25, 0.3) is 0 Å². The van der Waals surface area contributed by atoms with Crippen LogP contribution in [0.3, 0.4) is 0 Å². The maximum atomic E-state index is 9.20. The zero-order valence-corrected chi connectivity index (χ0v) is 13.4. The Morgan fingerprint density at radius 3 is 2.55 bits per heavy atom. The van der Waals surface area contributed by atoms with Gasteiger partial charge in [-0.25, -0.2) is 0 Å². The Labute approximate surface area is 133 Å². The Bertz CT molecular complexity index is 562. The van der Waals surface area contributed by atoms with E-state index in [4.69, 9.17) is 4.74 Å². The van der Waals surface area contributed by atoms with E-state index in [1.807, 2.05) is 18.2 Å². The van der Waals surface area contributed by atoms with Crippen LogP contribution in [0.15, 0.2) is 48.5 Å². The zero-order chi connectivity index (χ0) is 15.8. The molecule has 0 heterocycles. The Morgan fingerprint density at radius 2 is 1.86 bits per heavy atom. The third kappa shape index (κ3) is 5.17. The highest BCUT2D eigenvalue weighted by atomic mass is 16.5. The van der Waals surface area contributed by atoms with E-state index in [0.29, 0.717) is 6.61 Å². The van der Waals surface area contributed by atoms with Crippen LogP contribution < -0.4 is 10.1 Å². The van der Waals surface area contributed by atoms with Crippen LogP contribution in [0, 0.1) is 6.92 Å². The SMILES string of the molecule is CCC(CO)NCc1cccc(OCc2ccc(C)cc2)c1. The first-order valence-corrected chi connectivity index (χ1v) is 7.82. The molecule has 0 amide bonds. The van der Waals surface area contributed by atoms with E-state index in [9.17, 15) is 5.11 Å². The molecule has 1 unspecified atom stereocenters. The molecular weight excluding hydrogens is 274 g/mol. The van der Waals surface area contributed by atoms with Crippen LogP contribution in [0.1, 0.15) is 30.0 Å². The third-order valence-corrected chi connectivity index (χ3v) is 3.73. The number of rotatable bonds is 8. The molecule has 118 valence electrons. The van der Waals surface area contributed by atoms with Crippen LogP contribution in [0.4, 0.5) is 0 Å². The number of aliphatic hydroxyl groups is 1. The van der Waals surface area contributed by atoms with E-state index in [0.717, 1.165) is 24.3 Å². The van der Waals surface area contributed by atoms with Gasteiger partial charge in [-0.05, 0) is 36.6 Å². The largest absolute Gasteiger partial charge is 0.489 e. The number of hydrogen-bond acceptors (Lipinski definition) is 3. The van der Waals surface area contributed by atoms with Crippen LogP contribution in [0.2, 0.25) is 0 Å². The van der Waals surface area contributed by atoms with Crippen molar-refractivity contribution in [3.63, 3.8) is 0 Å². The summed E-state index contributed by atoms with van der Waals surface area (Å²) < 4.78 is 5.85. The number of aryl methyl sites for hydroxylation is 1. The molecule has 0 aromatic heterocycles. The van der Waals surface area contributed by atoms with Crippen molar-refractivity contribution in [2.45, 2.75) is 39.5 Å². The van der Waals surface area contributed by atoms with Crippen molar-refractivity contribution in [3.05, 3.63) is 65.2 Å². The molecule has 22 heavy (non-hydrogen) atoms. The lowest BCUT2D eigenvalue weighted by molar-refractivity contribution is 0.238. The highest BCUT2D eigenvalue weighted by Gasteiger charge is 2.04. The van der Waals surface area contributed by atoms with Crippen molar-refractivity contribution in [1.82, 2.24) is 5.32 Å². The molecule has 1 atom stereocenters. The second kappa shape index (κ2) is 8.57. The Hall–Kier alpha value is -1.84. The summed E-state index contributed by atoms with van der Waals surface area (Å²) in [5.74, 6) is 0.872. The third-order valence-electron chi connectivity index (χ3n) is 3.73. The molecule has 2 rings (SSSR count). The second-order valence-electron chi connectivity index (χ2n) is 5.59. The van der Waals surface area contributed by atoms with Gasteiger partial charge in [0.2, 0.25) is 0 Å². The summed E-state index contributed by atoms with van der Waals surface area (Å²) in [7, 11) is 0. The lowest BCUT2D eigenvalue weighted by atomic mass is 10.1. The monoisotopic (exact) mass is 299 g/mol. The molecule has 2 aromatic carbocycles.